The molecule has 110 valence electrons. The van der Waals surface area contributed by atoms with E-state index in [4.69, 9.17) is 9.47 Å². The van der Waals surface area contributed by atoms with Crippen molar-refractivity contribution >= 4 is 11.6 Å². The number of ether oxygens (including phenoxy) is 2. The van der Waals surface area contributed by atoms with Crippen molar-refractivity contribution in [2.45, 2.75) is 38.9 Å². The number of carbonyl (C=O) groups excluding carboxylic acids is 1. The summed E-state index contributed by atoms with van der Waals surface area (Å²) in [5.41, 5.74) is 1.34. The Kier molecular flexibility index (Phi) is 5.38. The Labute approximate surface area is 118 Å². The van der Waals surface area contributed by atoms with Crippen molar-refractivity contribution in [1.82, 2.24) is 0 Å². The molecule has 5 heteroatoms. The molecule has 0 radical (unpaired) electrons. The zero-order valence-corrected chi connectivity index (χ0v) is 11.7. The molecule has 1 heterocycles. The molecule has 1 aliphatic heterocycles. The van der Waals surface area contributed by atoms with Crippen molar-refractivity contribution in [3.63, 3.8) is 0 Å². The first kappa shape index (κ1) is 14.8. The Morgan fingerprint density at radius 2 is 2.40 bits per heavy atom. The van der Waals surface area contributed by atoms with Crippen LogP contribution < -0.4 is 10.1 Å². The molecule has 1 aromatic carbocycles. The average Bonchev–Trinajstić information content (AvgIpc) is 2.93. The fourth-order valence-corrected chi connectivity index (χ4v) is 2.30. The summed E-state index contributed by atoms with van der Waals surface area (Å²) in [6, 6.07) is 5.27. The zero-order chi connectivity index (χ0) is 14.4. The lowest BCUT2D eigenvalue weighted by molar-refractivity contribution is -0.118. The quantitative estimate of drug-likeness (QED) is 0.836. The second kappa shape index (κ2) is 7.26. The maximum atomic E-state index is 11.9. The first-order valence-electron chi connectivity index (χ1n) is 7.01. The summed E-state index contributed by atoms with van der Waals surface area (Å²) < 4.78 is 10.8. The van der Waals surface area contributed by atoms with Crippen molar-refractivity contribution in [3.8, 4) is 5.75 Å². The van der Waals surface area contributed by atoms with Crippen LogP contribution in [0.15, 0.2) is 18.2 Å². The van der Waals surface area contributed by atoms with Crippen LogP contribution in [-0.4, -0.2) is 30.3 Å². The highest BCUT2D eigenvalue weighted by Crippen LogP contribution is 2.23. The average molecular weight is 279 g/mol. The fourth-order valence-electron chi connectivity index (χ4n) is 2.30. The van der Waals surface area contributed by atoms with Gasteiger partial charge in [0.1, 0.15) is 5.75 Å². The van der Waals surface area contributed by atoms with E-state index >= 15 is 0 Å². The van der Waals surface area contributed by atoms with E-state index in [9.17, 15) is 9.90 Å². The molecule has 1 fully saturated rings. The number of nitrogens with one attached hydrogen (secondary N) is 1. The van der Waals surface area contributed by atoms with E-state index in [1.54, 1.807) is 18.2 Å². The molecule has 1 atom stereocenters. The number of aliphatic hydroxyl groups is 1. The van der Waals surface area contributed by atoms with Gasteiger partial charge in [0.15, 0.2) is 0 Å². The van der Waals surface area contributed by atoms with E-state index < -0.39 is 0 Å². The van der Waals surface area contributed by atoms with Crippen LogP contribution in [0.25, 0.3) is 0 Å². The lowest BCUT2D eigenvalue weighted by Crippen LogP contribution is -2.19. The van der Waals surface area contributed by atoms with Crippen molar-refractivity contribution in [3.05, 3.63) is 23.8 Å². The predicted octanol–water partition coefficient (Wildman–Crippen LogP) is 2.09. The first-order valence-corrected chi connectivity index (χ1v) is 7.01. The van der Waals surface area contributed by atoms with Crippen LogP contribution in [0, 0.1) is 0 Å². The van der Waals surface area contributed by atoms with Gasteiger partial charge in [0, 0.05) is 17.9 Å². The predicted molar refractivity (Wildman–Crippen MR) is 75.8 cm³/mol. The van der Waals surface area contributed by atoms with Gasteiger partial charge in [-0.25, -0.2) is 0 Å². The van der Waals surface area contributed by atoms with Gasteiger partial charge >= 0.3 is 0 Å². The first-order chi connectivity index (χ1) is 9.72. The molecule has 0 aliphatic carbocycles. The highest BCUT2D eigenvalue weighted by Gasteiger charge is 2.19. The normalized spacial score (nSPS) is 18.0. The van der Waals surface area contributed by atoms with E-state index in [2.05, 4.69) is 5.32 Å². The Hall–Kier alpha value is -1.59. The number of hydrogen-bond donors (Lipinski definition) is 2. The number of carbonyl (C=O) groups is 1. The van der Waals surface area contributed by atoms with Crippen LogP contribution in [0.1, 0.15) is 31.7 Å². The van der Waals surface area contributed by atoms with E-state index in [0.29, 0.717) is 30.0 Å². The highest BCUT2D eigenvalue weighted by atomic mass is 16.5. The molecule has 0 bridgehead atoms. The molecule has 5 nitrogen and oxygen atoms in total. The fraction of sp³-hybridized carbons (Fsp3) is 0.533. The van der Waals surface area contributed by atoms with E-state index in [1.165, 1.54) is 0 Å². The van der Waals surface area contributed by atoms with Gasteiger partial charge in [0.25, 0.3) is 0 Å². The van der Waals surface area contributed by atoms with Crippen molar-refractivity contribution in [2.24, 2.45) is 0 Å². The number of rotatable bonds is 6. The van der Waals surface area contributed by atoms with Gasteiger partial charge in [-0.2, -0.15) is 0 Å². The summed E-state index contributed by atoms with van der Waals surface area (Å²) >= 11 is 0. The second-order valence-corrected chi connectivity index (χ2v) is 4.80. The molecule has 1 saturated heterocycles. The van der Waals surface area contributed by atoms with Crippen LogP contribution in [-0.2, 0) is 16.1 Å². The van der Waals surface area contributed by atoms with Gasteiger partial charge in [-0.1, -0.05) is 0 Å². The highest BCUT2D eigenvalue weighted by molar-refractivity contribution is 5.91. The molecule has 1 aliphatic rings. The maximum absolute atomic E-state index is 11.9. The van der Waals surface area contributed by atoms with Crippen LogP contribution in [0.3, 0.4) is 0 Å². The third-order valence-electron chi connectivity index (χ3n) is 3.25. The van der Waals surface area contributed by atoms with Crippen molar-refractivity contribution in [1.29, 1.82) is 0 Å². The smallest absolute Gasteiger partial charge is 0.226 e. The standard InChI is InChI=1S/C15H21NO4/c1-2-19-14-6-5-12(8-11(14)10-17)16-15(18)9-13-4-3-7-20-13/h5-6,8,13,17H,2-4,7,9-10H2,1H3,(H,16,18). The lowest BCUT2D eigenvalue weighted by Gasteiger charge is -2.13. The summed E-state index contributed by atoms with van der Waals surface area (Å²) in [7, 11) is 0. The minimum absolute atomic E-state index is 0.0370. The number of anilines is 1. The Balaban J connectivity index is 1.96. The summed E-state index contributed by atoms with van der Waals surface area (Å²) in [6.45, 7) is 3.05. The van der Waals surface area contributed by atoms with Gasteiger partial charge < -0.3 is 19.9 Å². The minimum atomic E-state index is -0.120. The molecule has 2 rings (SSSR count). The summed E-state index contributed by atoms with van der Waals surface area (Å²) in [5, 5.41) is 12.1. The van der Waals surface area contributed by atoms with Crippen molar-refractivity contribution in [2.75, 3.05) is 18.5 Å². The molecular weight excluding hydrogens is 258 g/mol. The molecule has 0 aromatic heterocycles. The molecule has 20 heavy (non-hydrogen) atoms. The van der Waals surface area contributed by atoms with E-state index in [1.807, 2.05) is 6.92 Å². The number of benzene rings is 1. The number of aliphatic hydroxyl groups excluding tert-OH is 1. The van der Waals surface area contributed by atoms with Gasteiger partial charge in [-0.15, -0.1) is 0 Å². The maximum Gasteiger partial charge on any atom is 0.226 e. The summed E-state index contributed by atoms with van der Waals surface area (Å²) in [6.07, 6.45) is 2.38. The Bertz CT molecular complexity index is 455. The molecule has 1 aromatic rings. The molecule has 1 amide bonds. The molecular formula is C15H21NO4. The number of amides is 1. The van der Waals surface area contributed by atoms with Crippen LogP contribution >= 0.6 is 0 Å². The van der Waals surface area contributed by atoms with Gasteiger partial charge in [0.2, 0.25) is 5.91 Å². The lowest BCUT2D eigenvalue weighted by atomic mass is 10.1. The van der Waals surface area contributed by atoms with Gasteiger partial charge in [-0.05, 0) is 38.0 Å². The Morgan fingerprint density at radius 3 is 3.05 bits per heavy atom. The van der Waals surface area contributed by atoms with Crippen LogP contribution in [0.2, 0.25) is 0 Å². The van der Waals surface area contributed by atoms with Crippen LogP contribution in [0.4, 0.5) is 5.69 Å². The minimum Gasteiger partial charge on any atom is -0.494 e. The molecule has 1 unspecified atom stereocenters. The summed E-state index contributed by atoms with van der Waals surface area (Å²) in [5.74, 6) is 0.581. The third-order valence-corrected chi connectivity index (χ3v) is 3.25. The zero-order valence-electron chi connectivity index (χ0n) is 11.7. The third kappa shape index (κ3) is 3.95. The van der Waals surface area contributed by atoms with Crippen LogP contribution in [0.5, 0.6) is 5.75 Å². The topological polar surface area (TPSA) is 67.8 Å². The second-order valence-electron chi connectivity index (χ2n) is 4.80. The van der Waals surface area contributed by atoms with E-state index in [-0.39, 0.29) is 18.6 Å². The van der Waals surface area contributed by atoms with Gasteiger partial charge in [-0.3, -0.25) is 4.79 Å². The molecule has 2 N–H and O–H groups in total. The number of hydrogen-bond acceptors (Lipinski definition) is 4. The van der Waals surface area contributed by atoms with Gasteiger partial charge in [0.05, 0.1) is 25.7 Å². The van der Waals surface area contributed by atoms with Crippen molar-refractivity contribution < 1.29 is 19.4 Å². The summed E-state index contributed by atoms with van der Waals surface area (Å²) in [4.78, 5) is 11.9. The Morgan fingerprint density at radius 1 is 1.55 bits per heavy atom. The SMILES string of the molecule is CCOc1ccc(NC(=O)CC2CCCO2)cc1CO. The largest absolute Gasteiger partial charge is 0.494 e. The monoisotopic (exact) mass is 279 g/mol. The molecule has 0 saturated carbocycles. The van der Waals surface area contributed by atoms with E-state index in [0.717, 1.165) is 19.4 Å². The molecule has 0 spiro atoms.